The topological polar surface area (TPSA) is 44.5 Å². The highest BCUT2D eigenvalue weighted by molar-refractivity contribution is 7.10. The molecular formula is C14H17NO2S. The quantitative estimate of drug-likeness (QED) is 0.921. The van der Waals surface area contributed by atoms with Crippen LogP contribution < -0.4 is 15.2 Å². The van der Waals surface area contributed by atoms with Crippen LogP contribution in [0.15, 0.2) is 29.6 Å². The molecule has 2 aromatic rings. The fraction of sp³-hybridized carbons (Fsp3) is 0.286. The van der Waals surface area contributed by atoms with Crippen LogP contribution >= 0.6 is 11.3 Å². The molecule has 0 aliphatic rings. The monoisotopic (exact) mass is 263 g/mol. The first-order chi connectivity index (χ1) is 8.69. The molecule has 1 atom stereocenters. The van der Waals surface area contributed by atoms with Gasteiger partial charge < -0.3 is 15.2 Å². The lowest BCUT2D eigenvalue weighted by Crippen LogP contribution is -2.13. The minimum Gasteiger partial charge on any atom is -0.493 e. The van der Waals surface area contributed by atoms with Crippen LogP contribution in [0.3, 0.4) is 0 Å². The van der Waals surface area contributed by atoms with Gasteiger partial charge in [-0.1, -0.05) is 12.1 Å². The molecule has 1 heterocycles. The number of aryl methyl sites for hydroxylation is 1. The van der Waals surface area contributed by atoms with Crippen molar-refractivity contribution >= 4 is 11.3 Å². The second-order valence-electron chi connectivity index (χ2n) is 3.99. The van der Waals surface area contributed by atoms with Crippen LogP contribution in [-0.4, -0.2) is 14.2 Å². The number of ether oxygens (including phenoxy) is 2. The summed E-state index contributed by atoms with van der Waals surface area (Å²) in [6.45, 7) is 2.08. The number of para-hydroxylation sites is 1. The molecule has 0 aliphatic heterocycles. The summed E-state index contributed by atoms with van der Waals surface area (Å²) in [4.78, 5) is 1.23. The molecule has 2 rings (SSSR count). The zero-order chi connectivity index (χ0) is 13.1. The molecule has 0 amide bonds. The van der Waals surface area contributed by atoms with Crippen molar-refractivity contribution in [3.8, 4) is 11.5 Å². The normalized spacial score (nSPS) is 12.2. The summed E-state index contributed by atoms with van der Waals surface area (Å²) in [7, 11) is 3.26. The largest absolute Gasteiger partial charge is 0.493 e. The van der Waals surface area contributed by atoms with Gasteiger partial charge in [-0.15, -0.1) is 11.3 Å². The molecule has 0 saturated carbocycles. The molecule has 0 spiro atoms. The second kappa shape index (κ2) is 5.42. The lowest BCUT2D eigenvalue weighted by atomic mass is 9.99. The van der Waals surface area contributed by atoms with Gasteiger partial charge in [-0.2, -0.15) is 0 Å². The Balaban J connectivity index is 2.48. The number of hydrogen-bond acceptors (Lipinski definition) is 4. The Labute approximate surface area is 111 Å². The van der Waals surface area contributed by atoms with Crippen molar-refractivity contribution in [2.24, 2.45) is 5.73 Å². The van der Waals surface area contributed by atoms with Gasteiger partial charge in [0.05, 0.1) is 20.3 Å². The van der Waals surface area contributed by atoms with Gasteiger partial charge in [0.1, 0.15) is 0 Å². The minimum atomic E-state index is -0.193. The molecule has 1 aromatic heterocycles. The third kappa shape index (κ3) is 2.21. The first-order valence-corrected chi connectivity index (χ1v) is 6.57. The average molecular weight is 263 g/mol. The van der Waals surface area contributed by atoms with Gasteiger partial charge in [0.15, 0.2) is 11.5 Å². The number of benzene rings is 1. The third-order valence-corrected chi connectivity index (χ3v) is 3.86. The van der Waals surface area contributed by atoms with E-state index in [0.717, 1.165) is 11.1 Å². The van der Waals surface area contributed by atoms with E-state index in [1.54, 1.807) is 25.6 Å². The van der Waals surface area contributed by atoms with E-state index in [-0.39, 0.29) is 6.04 Å². The molecule has 0 saturated heterocycles. The molecule has 96 valence electrons. The maximum Gasteiger partial charge on any atom is 0.165 e. The van der Waals surface area contributed by atoms with Gasteiger partial charge in [-0.3, -0.25) is 0 Å². The summed E-state index contributed by atoms with van der Waals surface area (Å²) >= 11 is 1.70. The van der Waals surface area contributed by atoms with Crippen molar-refractivity contribution in [3.63, 3.8) is 0 Å². The molecule has 0 bridgehead atoms. The standard InChI is InChI=1S/C14H17NO2S/c1-9-10(7-8-18-9)13(15)11-5-4-6-12(16-2)14(11)17-3/h4-8,13H,15H2,1-3H3. The average Bonchev–Trinajstić information content (AvgIpc) is 2.83. The summed E-state index contributed by atoms with van der Waals surface area (Å²) in [5.74, 6) is 1.41. The Bertz CT molecular complexity index is 536. The van der Waals surface area contributed by atoms with E-state index < -0.39 is 0 Å². The predicted molar refractivity (Wildman–Crippen MR) is 74.6 cm³/mol. The zero-order valence-corrected chi connectivity index (χ0v) is 11.6. The fourth-order valence-electron chi connectivity index (χ4n) is 2.04. The van der Waals surface area contributed by atoms with Crippen LogP contribution in [0.25, 0.3) is 0 Å². The van der Waals surface area contributed by atoms with Crippen LogP contribution in [0.4, 0.5) is 0 Å². The Kier molecular flexibility index (Phi) is 3.89. The van der Waals surface area contributed by atoms with Gasteiger partial charge in [0.25, 0.3) is 0 Å². The molecule has 0 fully saturated rings. The minimum absolute atomic E-state index is 0.193. The van der Waals surface area contributed by atoms with Crippen molar-refractivity contribution in [2.75, 3.05) is 14.2 Å². The number of rotatable bonds is 4. The summed E-state index contributed by atoms with van der Waals surface area (Å²) in [5, 5.41) is 2.05. The smallest absolute Gasteiger partial charge is 0.165 e. The van der Waals surface area contributed by atoms with Crippen molar-refractivity contribution in [3.05, 3.63) is 45.6 Å². The Morgan fingerprint density at radius 1 is 1.11 bits per heavy atom. The SMILES string of the molecule is COc1cccc(C(N)c2ccsc2C)c1OC. The van der Waals surface area contributed by atoms with E-state index in [0.29, 0.717) is 11.5 Å². The van der Waals surface area contributed by atoms with Crippen LogP contribution in [0.2, 0.25) is 0 Å². The predicted octanol–water partition coefficient (Wildman–Crippen LogP) is 3.12. The Hall–Kier alpha value is -1.52. The summed E-state index contributed by atoms with van der Waals surface area (Å²) in [5.41, 5.74) is 8.41. The maximum atomic E-state index is 6.33. The van der Waals surface area contributed by atoms with Crippen molar-refractivity contribution in [2.45, 2.75) is 13.0 Å². The summed E-state index contributed by atoms with van der Waals surface area (Å²) < 4.78 is 10.7. The van der Waals surface area contributed by atoms with Gasteiger partial charge in [-0.05, 0) is 30.0 Å². The zero-order valence-electron chi connectivity index (χ0n) is 10.8. The Morgan fingerprint density at radius 2 is 1.89 bits per heavy atom. The fourth-order valence-corrected chi connectivity index (χ4v) is 2.79. The number of thiophene rings is 1. The highest BCUT2D eigenvalue weighted by Gasteiger charge is 2.19. The van der Waals surface area contributed by atoms with Crippen molar-refractivity contribution in [1.29, 1.82) is 0 Å². The Morgan fingerprint density at radius 3 is 2.44 bits per heavy atom. The van der Waals surface area contributed by atoms with Gasteiger partial charge in [-0.25, -0.2) is 0 Å². The van der Waals surface area contributed by atoms with Crippen LogP contribution in [0, 0.1) is 6.92 Å². The maximum absolute atomic E-state index is 6.33. The first kappa shape index (κ1) is 12.9. The molecular weight excluding hydrogens is 246 g/mol. The molecule has 3 nitrogen and oxygen atoms in total. The molecule has 4 heteroatoms. The second-order valence-corrected chi connectivity index (χ2v) is 5.11. The van der Waals surface area contributed by atoms with Gasteiger partial charge >= 0.3 is 0 Å². The number of nitrogens with two attached hydrogens (primary N) is 1. The van der Waals surface area contributed by atoms with Gasteiger partial charge in [0.2, 0.25) is 0 Å². The lowest BCUT2D eigenvalue weighted by molar-refractivity contribution is 0.350. The number of hydrogen-bond donors (Lipinski definition) is 1. The molecule has 0 aliphatic carbocycles. The van der Waals surface area contributed by atoms with Crippen molar-refractivity contribution in [1.82, 2.24) is 0 Å². The van der Waals surface area contributed by atoms with Crippen LogP contribution in [0.5, 0.6) is 11.5 Å². The van der Waals surface area contributed by atoms with Gasteiger partial charge in [0, 0.05) is 10.4 Å². The van der Waals surface area contributed by atoms with E-state index >= 15 is 0 Å². The van der Waals surface area contributed by atoms with Crippen LogP contribution in [0.1, 0.15) is 22.0 Å². The van der Waals surface area contributed by atoms with E-state index in [4.69, 9.17) is 15.2 Å². The molecule has 2 N–H and O–H groups in total. The third-order valence-electron chi connectivity index (χ3n) is 3.00. The summed E-state index contributed by atoms with van der Waals surface area (Å²) in [6.07, 6.45) is 0. The number of methoxy groups -OCH3 is 2. The summed E-state index contributed by atoms with van der Waals surface area (Å²) in [6, 6.07) is 7.64. The highest BCUT2D eigenvalue weighted by atomic mass is 32.1. The van der Waals surface area contributed by atoms with E-state index in [1.807, 2.05) is 18.2 Å². The lowest BCUT2D eigenvalue weighted by Gasteiger charge is -2.18. The van der Waals surface area contributed by atoms with E-state index in [2.05, 4.69) is 18.4 Å². The molecule has 18 heavy (non-hydrogen) atoms. The molecule has 0 radical (unpaired) electrons. The van der Waals surface area contributed by atoms with E-state index in [9.17, 15) is 0 Å². The first-order valence-electron chi connectivity index (χ1n) is 5.69. The highest BCUT2D eigenvalue weighted by Crippen LogP contribution is 2.37. The molecule has 1 unspecified atom stereocenters. The van der Waals surface area contributed by atoms with E-state index in [1.165, 1.54) is 4.88 Å². The van der Waals surface area contributed by atoms with Crippen LogP contribution in [-0.2, 0) is 0 Å². The molecule has 1 aromatic carbocycles. The van der Waals surface area contributed by atoms with Crippen molar-refractivity contribution < 1.29 is 9.47 Å².